The average molecular weight is 554 g/mol. The Bertz CT molecular complexity index is 1180. The quantitative estimate of drug-likeness (QED) is 0.153. The van der Waals surface area contributed by atoms with Crippen LogP contribution in [-0.2, 0) is 20.8 Å². The number of fused-ring (bicyclic) bond motifs is 1. The molecule has 39 heavy (non-hydrogen) atoms. The second kappa shape index (κ2) is 13.3. The van der Waals surface area contributed by atoms with Gasteiger partial charge in [-0.15, -0.1) is 11.3 Å². The maximum atomic E-state index is 13.4. The summed E-state index contributed by atoms with van der Waals surface area (Å²) in [6.07, 6.45) is 5.28. The number of nitrogens with two attached hydrogens (primary N) is 2. The third-order valence-electron chi connectivity index (χ3n) is 7.14. The zero-order valence-electron chi connectivity index (χ0n) is 21.8. The van der Waals surface area contributed by atoms with Crippen LogP contribution in [0.25, 0.3) is 0 Å². The number of nitrogens with one attached hydrogen (secondary N) is 1. The fourth-order valence-corrected chi connectivity index (χ4v) is 5.84. The molecule has 2 saturated heterocycles. The summed E-state index contributed by atoms with van der Waals surface area (Å²) >= 11 is 1.22. The van der Waals surface area contributed by atoms with Crippen molar-refractivity contribution >= 4 is 40.8 Å². The molecule has 3 atom stereocenters. The van der Waals surface area contributed by atoms with Gasteiger partial charge < -0.3 is 26.6 Å². The molecule has 0 bridgehead atoms. The van der Waals surface area contributed by atoms with Crippen LogP contribution in [0.1, 0.15) is 53.9 Å². The summed E-state index contributed by atoms with van der Waals surface area (Å²) < 4.78 is 0. The first-order valence-electron chi connectivity index (χ1n) is 13.3. The van der Waals surface area contributed by atoms with Gasteiger partial charge in [-0.25, -0.2) is 4.98 Å². The normalized spacial score (nSPS) is 19.3. The molecule has 3 heterocycles. The number of hydrogen-bond donors (Lipinski definition) is 3. The third-order valence-corrected chi connectivity index (χ3v) is 7.93. The Morgan fingerprint density at radius 2 is 1.95 bits per heavy atom. The molecule has 4 rings (SSSR count). The van der Waals surface area contributed by atoms with Gasteiger partial charge in [-0.05, 0) is 44.1 Å². The van der Waals surface area contributed by atoms with Crippen molar-refractivity contribution in [1.82, 2.24) is 20.1 Å². The summed E-state index contributed by atoms with van der Waals surface area (Å²) in [6, 6.07) is 8.12. The topological polar surface area (TPSA) is 164 Å². The SMILES string of the molecule is NC(N)=NCCCCC(NC(=O)C1CCC2CN(C(=O)CCc3ccccc3)CC(=O)N21)C(=O)c1nccs1. The lowest BCUT2D eigenvalue weighted by Crippen LogP contribution is -2.60. The van der Waals surface area contributed by atoms with E-state index < -0.39 is 12.1 Å². The van der Waals surface area contributed by atoms with Crippen LogP contribution in [0.5, 0.6) is 0 Å². The molecule has 0 radical (unpaired) electrons. The van der Waals surface area contributed by atoms with E-state index in [-0.39, 0.29) is 42.1 Å². The summed E-state index contributed by atoms with van der Waals surface area (Å²) in [5.74, 6) is -0.896. The number of ketones is 1. The average Bonchev–Trinajstić information content (AvgIpc) is 3.62. The zero-order chi connectivity index (χ0) is 27.8. The van der Waals surface area contributed by atoms with Crippen molar-refractivity contribution in [2.45, 2.75) is 63.1 Å². The monoisotopic (exact) mass is 553 g/mol. The molecule has 2 aliphatic heterocycles. The maximum Gasteiger partial charge on any atom is 0.243 e. The maximum absolute atomic E-state index is 13.4. The highest BCUT2D eigenvalue weighted by Crippen LogP contribution is 2.29. The van der Waals surface area contributed by atoms with Crippen molar-refractivity contribution in [1.29, 1.82) is 0 Å². The van der Waals surface area contributed by atoms with E-state index in [2.05, 4.69) is 15.3 Å². The van der Waals surface area contributed by atoms with Crippen molar-refractivity contribution in [2.75, 3.05) is 19.6 Å². The lowest BCUT2D eigenvalue weighted by Gasteiger charge is -2.39. The number of piperazine rings is 1. The molecule has 2 aromatic rings. The number of hydrogen-bond acceptors (Lipinski definition) is 7. The molecule has 0 aliphatic carbocycles. The Kier molecular flexibility index (Phi) is 9.64. The first-order valence-corrected chi connectivity index (χ1v) is 14.1. The van der Waals surface area contributed by atoms with E-state index in [1.54, 1.807) is 21.4 Å². The first kappa shape index (κ1) is 28.2. The summed E-state index contributed by atoms with van der Waals surface area (Å²) in [5.41, 5.74) is 11.8. The van der Waals surface area contributed by atoms with E-state index in [9.17, 15) is 19.2 Å². The van der Waals surface area contributed by atoms with E-state index in [1.165, 1.54) is 11.3 Å². The molecule has 2 aliphatic rings. The van der Waals surface area contributed by atoms with E-state index in [4.69, 9.17) is 11.5 Å². The van der Waals surface area contributed by atoms with Crippen LogP contribution in [0.15, 0.2) is 46.9 Å². The van der Waals surface area contributed by atoms with Crippen LogP contribution < -0.4 is 16.8 Å². The van der Waals surface area contributed by atoms with Crippen LogP contribution in [0, 0.1) is 0 Å². The molecule has 0 spiro atoms. The number of guanidine groups is 1. The van der Waals surface area contributed by atoms with Gasteiger partial charge in [-0.2, -0.15) is 0 Å². The van der Waals surface area contributed by atoms with Gasteiger partial charge in [-0.1, -0.05) is 30.3 Å². The molecule has 3 amide bonds. The smallest absolute Gasteiger partial charge is 0.243 e. The molecule has 1 aromatic heterocycles. The highest BCUT2D eigenvalue weighted by Gasteiger charge is 2.46. The minimum atomic E-state index is -0.766. The highest BCUT2D eigenvalue weighted by molar-refractivity contribution is 7.11. The van der Waals surface area contributed by atoms with Crippen molar-refractivity contribution in [3.63, 3.8) is 0 Å². The lowest BCUT2D eigenvalue weighted by atomic mass is 10.0. The zero-order valence-corrected chi connectivity index (χ0v) is 22.6. The minimum Gasteiger partial charge on any atom is -0.370 e. The molecule has 11 nitrogen and oxygen atoms in total. The standard InChI is InChI=1S/C27H35N7O4S/c28-27(29)31-13-5-4-8-20(24(37)26-30-14-15-39-26)32-25(38)21-11-10-19-16-33(17-23(36)34(19)21)22(35)12-9-18-6-2-1-3-7-18/h1-3,6-7,14-15,19-21H,4-5,8-13,16-17H2,(H,32,38)(H4,28,29,31). The van der Waals surface area contributed by atoms with Crippen LogP contribution in [-0.4, -0.2) is 82.0 Å². The summed E-state index contributed by atoms with van der Waals surface area (Å²) in [6.45, 7) is 0.803. The fourth-order valence-electron chi connectivity index (χ4n) is 5.20. The second-order valence-electron chi connectivity index (χ2n) is 9.87. The molecular weight excluding hydrogens is 518 g/mol. The molecular formula is C27H35N7O4S. The number of Topliss-reactive ketones (excluding diaryl/α,β-unsaturated/α-hetero) is 1. The molecule has 208 valence electrons. The second-order valence-corrected chi connectivity index (χ2v) is 10.8. The Morgan fingerprint density at radius 1 is 1.15 bits per heavy atom. The molecule has 1 aromatic carbocycles. The van der Waals surface area contributed by atoms with Gasteiger partial charge in [-0.3, -0.25) is 24.2 Å². The van der Waals surface area contributed by atoms with Crippen molar-refractivity contribution in [3.05, 3.63) is 52.5 Å². The van der Waals surface area contributed by atoms with Gasteiger partial charge in [0.2, 0.25) is 23.5 Å². The molecule has 3 unspecified atom stereocenters. The number of aliphatic imine (C=N–C) groups is 1. The number of carbonyl (C=O) groups is 4. The number of nitrogens with zero attached hydrogens (tertiary/aromatic N) is 4. The number of aryl methyl sites for hydroxylation is 1. The van der Waals surface area contributed by atoms with Gasteiger partial charge in [0.25, 0.3) is 0 Å². The predicted molar refractivity (Wildman–Crippen MR) is 148 cm³/mol. The van der Waals surface area contributed by atoms with Crippen molar-refractivity contribution in [3.8, 4) is 0 Å². The summed E-state index contributed by atoms with van der Waals surface area (Å²) in [7, 11) is 0. The number of aromatic nitrogens is 1. The van der Waals surface area contributed by atoms with Crippen molar-refractivity contribution in [2.24, 2.45) is 16.5 Å². The van der Waals surface area contributed by atoms with Crippen LogP contribution in [0.3, 0.4) is 0 Å². The van der Waals surface area contributed by atoms with Gasteiger partial charge in [0.15, 0.2) is 11.0 Å². The predicted octanol–water partition coefficient (Wildman–Crippen LogP) is 1.09. The van der Waals surface area contributed by atoms with Crippen LogP contribution in [0.2, 0.25) is 0 Å². The highest BCUT2D eigenvalue weighted by atomic mass is 32.1. The van der Waals surface area contributed by atoms with Gasteiger partial charge >= 0.3 is 0 Å². The van der Waals surface area contributed by atoms with Gasteiger partial charge in [0.05, 0.1) is 18.6 Å². The number of amides is 3. The Hall–Kier alpha value is -3.80. The van der Waals surface area contributed by atoms with Gasteiger partial charge in [0, 0.05) is 31.1 Å². The molecule has 0 saturated carbocycles. The van der Waals surface area contributed by atoms with E-state index in [0.29, 0.717) is 63.0 Å². The van der Waals surface area contributed by atoms with Crippen LogP contribution in [0.4, 0.5) is 0 Å². The molecule has 12 heteroatoms. The fraction of sp³-hybridized carbons (Fsp3) is 0.481. The number of carbonyl (C=O) groups excluding carboxylic acids is 4. The number of unbranched alkanes of at least 4 members (excludes halogenated alkanes) is 1. The van der Waals surface area contributed by atoms with E-state index in [0.717, 1.165) is 5.56 Å². The van der Waals surface area contributed by atoms with Crippen LogP contribution >= 0.6 is 11.3 Å². The molecule has 2 fully saturated rings. The molecule has 5 N–H and O–H groups in total. The largest absolute Gasteiger partial charge is 0.370 e. The minimum absolute atomic E-state index is 0.0113. The number of thiazole rings is 1. The first-order chi connectivity index (χ1) is 18.8. The summed E-state index contributed by atoms with van der Waals surface area (Å²) in [4.78, 5) is 63.7. The summed E-state index contributed by atoms with van der Waals surface area (Å²) in [5, 5.41) is 4.93. The Morgan fingerprint density at radius 3 is 2.67 bits per heavy atom. The lowest BCUT2D eigenvalue weighted by molar-refractivity contribution is -0.151. The van der Waals surface area contributed by atoms with E-state index in [1.807, 2.05) is 30.3 Å². The Balaban J connectivity index is 1.34. The number of rotatable bonds is 12. The van der Waals surface area contributed by atoms with E-state index >= 15 is 0 Å². The van der Waals surface area contributed by atoms with Gasteiger partial charge in [0.1, 0.15) is 6.04 Å². The third kappa shape index (κ3) is 7.41. The number of benzene rings is 1. The van der Waals surface area contributed by atoms with Crippen molar-refractivity contribution < 1.29 is 19.2 Å². The Labute approximate surface area is 231 Å².